The Kier molecular flexibility index (Phi) is 4.64. The zero-order valence-corrected chi connectivity index (χ0v) is 15.1. The molecule has 2 aromatic heterocycles. The van der Waals surface area contributed by atoms with E-state index >= 15 is 0 Å². The molecule has 8 heteroatoms. The number of alkyl halides is 3. The Labute approximate surface area is 161 Å². The molecular weight excluding hydrogens is 389 g/mol. The van der Waals surface area contributed by atoms with Gasteiger partial charge in [0.05, 0.1) is 4.88 Å². The molecule has 2 aromatic carbocycles. The Morgan fingerprint density at radius 2 is 1.79 bits per heavy atom. The summed E-state index contributed by atoms with van der Waals surface area (Å²) in [5.41, 5.74) is 1.07. The lowest BCUT2D eigenvalue weighted by Gasteiger charge is -2.06. The second-order valence-electron chi connectivity index (χ2n) is 6.06. The summed E-state index contributed by atoms with van der Waals surface area (Å²) < 4.78 is 44.6. The Morgan fingerprint density at radius 3 is 2.50 bits per heavy atom. The van der Waals surface area contributed by atoms with Gasteiger partial charge in [-0.2, -0.15) is 13.2 Å². The standard InChI is InChI=1S/C20H13F3N2O2S/c21-20(22,23)19(26)25-17-14(10-12-6-2-1-3-7-12)24-18(27-17)16-11-13-8-4-5-9-15(13)28-16/h1-9,11H,10H2,(H,25,26). The summed E-state index contributed by atoms with van der Waals surface area (Å²) in [6, 6.07) is 18.6. The highest BCUT2D eigenvalue weighted by molar-refractivity contribution is 7.22. The molecule has 28 heavy (non-hydrogen) atoms. The van der Waals surface area contributed by atoms with Gasteiger partial charge in [0.25, 0.3) is 0 Å². The van der Waals surface area contributed by atoms with Gasteiger partial charge in [0.1, 0.15) is 5.69 Å². The van der Waals surface area contributed by atoms with Crippen molar-refractivity contribution < 1.29 is 22.4 Å². The van der Waals surface area contributed by atoms with Crippen LogP contribution < -0.4 is 5.32 Å². The van der Waals surface area contributed by atoms with Crippen molar-refractivity contribution in [1.82, 2.24) is 4.98 Å². The lowest BCUT2D eigenvalue weighted by Crippen LogP contribution is -2.30. The highest BCUT2D eigenvalue weighted by Crippen LogP contribution is 2.36. The zero-order chi connectivity index (χ0) is 19.7. The van der Waals surface area contributed by atoms with Crippen molar-refractivity contribution in [2.24, 2.45) is 0 Å². The zero-order valence-electron chi connectivity index (χ0n) is 14.3. The summed E-state index contributed by atoms with van der Waals surface area (Å²) in [7, 11) is 0. The van der Waals surface area contributed by atoms with Crippen molar-refractivity contribution in [2.45, 2.75) is 12.6 Å². The third-order valence-corrected chi connectivity index (χ3v) is 5.14. The molecule has 4 nitrogen and oxygen atoms in total. The number of hydrogen-bond acceptors (Lipinski definition) is 4. The Balaban J connectivity index is 1.73. The quantitative estimate of drug-likeness (QED) is 0.480. The number of benzene rings is 2. The smallest absolute Gasteiger partial charge is 0.419 e. The molecule has 0 saturated heterocycles. The van der Waals surface area contributed by atoms with E-state index in [1.165, 1.54) is 11.3 Å². The van der Waals surface area contributed by atoms with E-state index in [1.54, 1.807) is 5.32 Å². The van der Waals surface area contributed by atoms with Crippen LogP contribution in [0, 0.1) is 0 Å². The molecule has 0 aliphatic heterocycles. The van der Waals surface area contributed by atoms with E-state index in [1.807, 2.05) is 60.7 Å². The molecular formula is C20H13F3N2O2S. The predicted octanol–water partition coefficient (Wildman–Crippen LogP) is 5.65. The molecule has 0 atom stereocenters. The van der Waals surface area contributed by atoms with Gasteiger partial charge in [0.2, 0.25) is 11.8 Å². The second-order valence-corrected chi connectivity index (χ2v) is 7.14. The van der Waals surface area contributed by atoms with Crippen molar-refractivity contribution in [1.29, 1.82) is 0 Å². The van der Waals surface area contributed by atoms with Gasteiger partial charge in [-0.05, 0) is 23.1 Å². The minimum Gasteiger partial charge on any atom is -0.419 e. The van der Waals surface area contributed by atoms with Crippen LogP contribution >= 0.6 is 11.3 Å². The summed E-state index contributed by atoms with van der Waals surface area (Å²) in [6.45, 7) is 0. The molecule has 142 valence electrons. The van der Waals surface area contributed by atoms with E-state index in [9.17, 15) is 18.0 Å². The summed E-state index contributed by atoms with van der Waals surface area (Å²) in [5.74, 6) is -2.22. The van der Waals surface area contributed by atoms with Crippen molar-refractivity contribution in [2.75, 3.05) is 5.32 Å². The average Bonchev–Trinajstić information content (AvgIpc) is 3.26. The van der Waals surface area contributed by atoms with E-state index < -0.39 is 12.1 Å². The molecule has 0 fully saturated rings. The molecule has 0 aliphatic rings. The first-order chi connectivity index (χ1) is 13.4. The molecule has 0 radical (unpaired) electrons. The highest BCUT2D eigenvalue weighted by atomic mass is 32.1. The number of carbonyl (C=O) groups excluding carboxylic acids is 1. The molecule has 1 amide bonds. The van der Waals surface area contributed by atoms with Crippen LogP contribution in [0.5, 0.6) is 0 Å². The number of fused-ring (bicyclic) bond motifs is 1. The Hall–Kier alpha value is -3.13. The summed E-state index contributed by atoms with van der Waals surface area (Å²) in [5, 5.41) is 2.78. The summed E-state index contributed by atoms with van der Waals surface area (Å²) >= 11 is 1.41. The van der Waals surface area contributed by atoms with E-state index in [0.717, 1.165) is 15.6 Å². The molecule has 4 aromatic rings. The van der Waals surface area contributed by atoms with Crippen molar-refractivity contribution >= 4 is 33.2 Å². The first kappa shape index (κ1) is 18.2. The van der Waals surface area contributed by atoms with E-state index in [-0.39, 0.29) is 23.9 Å². The molecule has 4 rings (SSSR count). The van der Waals surface area contributed by atoms with E-state index in [2.05, 4.69) is 4.98 Å². The van der Waals surface area contributed by atoms with Crippen LogP contribution in [0.3, 0.4) is 0 Å². The minimum atomic E-state index is -5.02. The van der Waals surface area contributed by atoms with Gasteiger partial charge in [-0.3, -0.25) is 10.1 Å². The molecule has 1 N–H and O–H groups in total. The summed E-state index contributed by atoms with van der Waals surface area (Å²) in [4.78, 5) is 16.4. The number of oxazole rings is 1. The number of rotatable bonds is 4. The third-order valence-electron chi connectivity index (χ3n) is 4.03. The number of aromatic nitrogens is 1. The minimum absolute atomic E-state index is 0.171. The number of amides is 1. The molecule has 0 spiro atoms. The fourth-order valence-corrected chi connectivity index (χ4v) is 3.71. The number of carbonyl (C=O) groups is 1. The fraction of sp³-hybridized carbons (Fsp3) is 0.100. The lowest BCUT2D eigenvalue weighted by molar-refractivity contribution is -0.167. The largest absolute Gasteiger partial charge is 0.471 e. The number of halogens is 3. The van der Waals surface area contributed by atoms with Crippen LogP contribution in [0.4, 0.5) is 19.1 Å². The van der Waals surface area contributed by atoms with Gasteiger partial charge >= 0.3 is 12.1 Å². The number of nitrogens with zero attached hydrogens (tertiary/aromatic N) is 1. The average molecular weight is 402 g/mol. The lowest BCUT2D eigenvalue weighted by atomic mass is 10.1. The van der Waals surface area contributed by atoms with Gasteiger partial charge in [-0.1, -0.05) is 48.5 Å². The maximum atomic E-state index is 12.7. The molecule has 0 bridgehead atoms. The van der Waals surface area contributed by atoms with Crippen molar-refractivity contribution in [3.63, 3.8) is 0 Å². The topological polar surface area (TPSA) is 55.1 Å². The first-order valence-electron chi connectivity index (χ1n) is 8.31. The number of anilines is 1. The highest BCUT2D eigenvalue weighted by Gasteiger charge is 2.40. The fourth-order valence-electron chi connectivity index (χ4n) is 2.73. The van der Waals surface area contributed by atoms with Crippen LogP contribution in [0.2, 0.25) is 0 Å². The van der Waals surface area contributed by atoms with Gasteiger partial charge in [0, 0.05) is 11.1 Å². The van der Waals surface area contributed by atoms with Crippen molar-refractivity contribution in [3.8, 4) is 10.8 Å². The third kappa shape index (κ3) is 3.77. The van der Waals surface area contributed by atoms with Crippen LogP contribution in [-0.4, -0.2) is 17.1 Å². The number of nitrogens with one attached hydrogen (secondary N) is 1. The first-order valence-corrected chi connectivity index (χ1v) is 9.12. The molecule has 0 unspecified atom stereocenters. The normalized spacial score (nSPS) is 11.7. The van der Waals surface area contributed by atoms with Crippen LogP contribution in [-0.2, 0) is 11.2 Å². The maximum Gasteiger partial charge on any atom is 0.471 e. The van der Waals surface area contributed by atoms with Gasteiger partial charge < -0.3 is 4.42 Å². The maximum absolute atomic E-state index is 12.7. The second kappa shape index (κ2) is 7.12. The molecule has 0 aliphatic carbocycles. The number of thiophene rings is 1. The molecule has 2 heterocycles. The van der Waals surface area contributed by atoms with Crippen molar-refractivity contribution in [3.05, 3.63) is 71.9 Å². The Bertz CT molecular complexity index is 1100. The van der Waals surface area contributed by atoms with Gasteiger partial charge in [-0.25, -0.2) is 4.98 Å². The monoisotopic (exact) mass is 402 g/mol. The van der Waals surface area contributed by atoms with Crippen LogP contribution in [0.1, 0.15) is 11.3 Å². The SMILES string of the molecule is O=C(Nc1oc(-c2cc3ccccc3s2)nc1Cc1ccccc1)C(F)(F)F. The Morgan fingerprint density at radius 1 is 1.07 bits per heavy atom. The van der Waals surface area contributed by atoms with Gasteiger partial charge in [-0.15, -0.1) is 11.3 Å². The van der Waals surface area contributed by atoms with E-state index in [4.69, 9.17) is 4.42 Å². The number of hydrogen-bond donors (Lipinski definition) is 1. The van der Waals surface area contributed by atoms with Crippen LogP contribution in [0.25, 0.3) is 20.9 Å². The molecule has 0 saturated carbocycles. The van der Waals surface area contributed by atoms with Crippen LogP contribution in [0.15, 0.2) is 65.1 Å². The van der Waals surface area contributed by atoms with Gasteiger partial charge in [0.15, 0.2) is 0 Å². The summed E-state index contributed by atoms with van der Waals surface area (Å²) in [6.07, 6.45) is -4.79. The predicted molar refractivity (Wildman–Crippen MR) is 101 cm³/mol. The van der Waals surface area contributed by atoms with E-state index in [0.29, 0.717) is 4.88 Å².